The number of hydrogen-bond acceptors (Lipinski definition) is 3. The lowest BCUT2D eigenvalue weighted by Gasteiger charge is -2.21. The first-order valence-electron chi connectivity index (χ1n) is 8.75. The van der Waals surface area contributed by atoms with Crippen molar-refractivity contribution in [3.05, 3.63) is 58.9 Å². The van der Waals surface area contributed by atoms with Gasteiger partial charge in [0.1, 0.15) is 5.82 Å². The third-order valence-electron chi connectivity index (χ3n) is 4.49. The van der Waals surface area contributed by atoms with Crippen molar-refractivity contribution in [3.63, 3.8) is 0 Å². The van der Waals surface area contributed by atoms with Gasteiger partial charge in [0.2, 0.25) is 0 Å². The van der Waals surface area contributed by atoms with E-state index in [1.807, 2.05) is 0 Å². The second kappa shape index (κ2) is 8.27. The minimum Gasteiger partial charge on any atom is -0.339 e. The van der Waals surface area contributed by atoms with Crippen molar-refractivity contribution in [2.75, 3.05) is 17.8 Å². The van der Waals surface area contributed by atoms with E-state index in [1.54, 1.807) is 4.90 Å². The van der Waals surface area contributed by atoms with Crippen LogP contribution in [-0.2, 0) is 10.0 Å². The molecule has 0 spiro atoms. The fourth-order valence-electron chi connectivity index (χ4n) is 3.03. The molecule has 144 valence electrons. The van der Waals surface area contributed by atoms with Crippen LogP contribution in [0.4, 0.5) is 10.1 Å². The molecule has 1 saturated heterocycles. The van der Waals surface area contributed by atoms with Gasteiger partial charge in [0.15, 0.2) is 0 Å². The molecule has 1 N–H and O–H groups in total. The third-order valence-corrected chi connectivity index (χ3v) is 6.18. The molecule has 1 heterocycles. The van der Waals surface area contributed by atoms with E-state index >= 15 is 0 Å². The van der Waals surface area contributed by atoms with E-state index in [1.165, 1.54) is 36.4 Å². The number of nitrogens with one attached hydrogen (secondary N) is 1. The molecule has 2 aromatic rings. The van der Waals surface area contributed by atoms with E-state index < -0.39 is 15.8 Å². The van der Waals surface area contributed by atoms with Gasteiger partial charge in [-0.15, -0.1) is 0 Å². The van der Waals surface area contributed by atoms with Gasteiger partial charge in [0.05, 0.1) is 21.2 Å². The Hall–Kier alpha value is -2.12. The lowest BCUT2D eigenvalue weighted by Crippen LogP contribution is -2.32. The van der Waals surface area contributed by atoms with Crippen molar-refractivity contribution in [3.8, 4) is 0 Å². The molecule has 0 saturated carbocycles. The van der Waals surface area contributed by atoms with Crippen LogP contribution in [0.25, 0.3) is 0 Å². The van der Waals surface area contributed by atoms with E-state index in [0.29, 0.717) is 13.1 Å². The highest BCUT2D eigenvalue weighted by Gasteiger charge is 2.23. The zero-order chi connectivity index (χ0) is 19.4. The molecule has 1 aliphatic rings. The molecular formula is C19H20ClFN2O3S. The number of rotatable bonds is 4. The lowest BCUT2D eigenvalue weighted by atomic mass is 10.2. The fraction of sp³-hybridized carbons (Fsp3) is 0.316. The SMILES string of the molecule is O=C(c1cc(S(=O)(=O)Nc2ccccc2F)ccc1Cl)N1CCCCCC1. The second-order valence-corrected chi connectivity index (χ2v) is 8.52. The molecule has 0 aliphatic carbocycles. The Morgan fingerprint density at radius 2 is 1.70 bits per heavy atom. The van der Waals surface area contributed by atoms with E-state index in [-0.39, 0.29) is 27.1 Å². The van der Waals surface area contributed by atoms with Gasteiger partial charge in [-0.3, -0.25) is 9.52 Å². The van der Waals surface area contributed by atoms with Crippen LogP contribution < -0.4 is 4.72 Å². The number of nitrogens with zero attached hydrogens (tertiary/aromatic N) is 1. The van der Waals surface area contributed by atoms with E-state index in [2.05, 4.69) is 4.72 Å². The molecule has 1 fully saturated rings. The normalized spacial score (nSPS) is 15.3. The number of para-hydroxylation sites is 1. The lowest BCUT2D eigenvalue weighted by molar-refractivity contribution is 0.0761. The quantitative estimate of drug-likeness (QED) is 0.817. The van der Waals surface area contributed by atoms with Gasteiger partial charge in [0.25, 0.3) is 15.9 Å². The monoisotopic (exact) mass is 410 g/mol. The standard InChI is InChI=1S/C19H20ClFN2O3S/c20-16-10-9-14(27(25,26)22-18-8-4-3-7-17(18)21)13-15(16)19(24)23-11-5-1-2-6-12-23/h3-4,7-10,13,22H,1-2,5-6,11-12H2. The van der Waals surface area contributed by atoms with Gasteiger partial charge in [-0.2, -0.15) is 0 Å². The first-order valence-corrected chi connectivity index (χ1v) is 10.6. The Kier molecular flexibility index (Phi) is 6.01. The molecular weight excluding hydrogens is 391 g/mol. The topological polar surface area (TPSA) is 66.5 Å². The van der Waals surface area contributed by atoms with Crippen molar-refractivity contribution in [1.82, 2.24) is 4.90 Å². The zero-order valence-corrected chi connectivity index (χ0v) is 16.2. The number of likely N-dealkylation sites (tertiary alicyclic amines) is 1. The maximum absolute atomic E-state index is 13.8. The van der Waals surface area contributed by atoms with Crippen molar-refractivity contribution >= 4 is 33.2 Å². The number of anilines is 1. The molecule has 1 aliphatic heterocycles. The Labute approximate surface area is 163 Å². The highest BCUT2D eigenvalue weighted by molar-refractivity contribution is 7.92. The van der Waals surface area contributed by atoms with Gasteiger partial charge in [-0.1, -0.05) is 36.6 Å². The maximum atomic E-state index is 13.8. The van der Waals surface area contributed by atoms with Crippen LogP contribution in [0.2, 0.25) is 5.02 Å². The fourth-order valence-corrected chi connectivity index (χ4v) is 4.32. The highest BCUT2D eigenvalue weighted by atomic mass is 35.5. The summed E-state index contributed by atoms with van der Waals surface area (Å²) in [5.74, 6) is -0.972. The van der Waals surface area contributed by atoms with Crippen LogP contribution >= 0.6 is 11.6 Å². The Bertz CT molecular complexity index is 942. The Morgan fingerprint density at radius 3 is 2.37 bits per heavy atom. The van der Waals surface area contributed by atoms with Crippen molar-refractivity contribution in [2.24, 2.45) is 0 Å². The number of hydrogen-bond donors (Lipinski definition) is 1. The summed E-state index contributed by atoms with van der Waals surface area (Å²) in [5, 5.41) is 0.189. The first-order chi connectivity index (χ1) is 12.9. The predicted octanol–water partition coefficient (Wildman–Crippen LogP) is 4.30. The average Bonchev–Trinajstić information content (AvgIpc) is 2.92. The Balaban J connectivity index is 1.90. The summed E-state index contributed by atoms with van der Waals surface area (Å²) in [7, 11) is -4.07. The van der Waals surface area contributed by atoms with Crippen molar-refractivity contribution in [2.45, 2.75) is 30.6 Å². The number of sulfonamides is 1. The molecule has 0 radical (unpaired) electrons. The minimum atomic E-state index is -4.07. The third kappa shape index (κ3) is 4.59. The summed E-state index contributed by atoms with van der Waals surface area (Å²) in [6, 6.07) is 9.40. The van der Waals surface area contributed by atoms with Crippen molar-refractivity contribution < 1.29 is 17.6 Å². The van der Waals surface area contributed by atoms with Crippen LogP contribution in [-0.4, -0.2) is 32.3 Å². The molecule has 1 amide bonds. The molecule has 0 bridgehead atoms. The van der Waals surface area contributed by atoms with Crippen LogP contribution in [0.1, 0.15) is 36.0 Å². The van der Waals surface area contributed by atoms with Gasteiger partial charge in [-0.25, -0.2) is 12.8 Å². The number of halogens is 2. The van der Waals surface area contributed by atoms with Gasteiger partial charge in [0, 0.05) is 13.1 Å². The molecule has 27 heavy (non-hydrogen) atoms. The van der Waals surface area contributed by atoms with Crippen molar-refractivity contribution in [1.29, 1.82) is 0 Å². The summed E-state index contributed by atoms with van der Waals surface area (Å²) in [4.78, 5) is 14.4. The molecule has 5 nitrogen and oxygen atoms in total. The van der Waals surface area contributed by atoms with E-state index in [4.69, 9.17) is 11.6 Å². The summed E-state index contributed by atoms with van der Waals surface area (Å²) < 4.78 is 41.2. The minimum absolute atomic E-state index is 0.134. The summed E-state index contributed by atoms with van der Waals surface area (Å²) in [6.45, 7) is 1.25. The maximum Gasteiger partial charge on any atom is 0.262 e. The predicted molar refractivity (Wildman–Crippen MR) is 103 cm³/mol. The number of carbonyl (C=O) groups is 1. The molecule has 0 atom stereocenters. The van der Waals surface area contributed by atoms with Crippen LogP contribution in [0.3, 0.4) is 0 Å². The van der Waals surface area contributed by atoms with E-state index in [9.17, 15) is 17.6 Å². The summed E-state index contributed by atoms with van der Waals surface area (Å²) in [5.41, 5.74) is -0.0252. The molecule has 0 unspecified atom stereocenters. The van der Waals surface area contributed by atoms with Crippen LogP contribution in [0.15, 0.2) is 47.4 Å². The van der Waals surface area contributed by atoms with Gasteiger partial charge in [-0.05, 0) is 43.2 Å². The number of amides is 1. The average molecular weight is 411 g/mol. The molecule has 0 aromatic heterocycles. The summed E-state index contributed by atoms with van der Waals surface area (Å²) >= 11 is 6.16. The zero-order valence-electron chi connectivity index (χ0n) is 14.6. The van der Waals surface area contributed by atoms with E-state index in [0.717, 1.165) is 31.7 Å². The van der Waals surface area contributed by atoms with Gasteiger partial charge >= 0.3 is 0 Å². The highest BCUT2D eigenvalue weighted by Crippen LogP contribution is 2.25. The van der Waals surface area contributed by atoms with Crippen LogP contribution in [0.5, 0.6) is 0 Å². The molecule has 3 rings (SSSR count). The van der Waals surface area contributed by atoms with Crippen LogP contribution in [0, 0.1) is 5.82 Å². The molecule has 2 aromatic carbocycles. The summed E-state index contributed by atoms with van der Waals surface area (Å²) in [6.07, 6.45) is 3.96. The Morgan fingerprint density at radius 1 is 1.04 bits per heavy atom. The molecule has 8 heteroatoms. The smallest absolute Gasteiger partial charge is 0.262 e. The number of carbonyl (C=O) groups excluding carboxylic acids is 1. The first kappa shape index (κ1) is 19.6. The number of benzene rings is 2. The van der Waals surface area contributed by atoms with Gasteiger partial charge < -0.3 is 4.90 Å². The largest absolute Gasteiger partial charge is 0.339 e. The second-order valence-electron chi connectivity index (χ2n) is 6.43.